The topological polar surface area (TPSA) is 65.1 Å². The highest BCUT2D eigenvalue weighted by atomic mass is 127. The Morgan fingerprint density at radius 2 is 2.00 bits per heavy atom. The summed E-state index contributed by atoms with van der Waals surface area (Å²) in [5.41, 5.74) is 1.33. The summed E-state index contributed by atoms with van der Waals surface area (Å²) in [6, 6.07) is 10.5. The van der Waals surface area contributed by atoms with E-state index in [2.05, 4.69) is 27.6 Å². The van der Waals surface area contributed by atoms with E-state index in [1.165, 1.54) is 4.57 Å². The first-order valence-corrected chi connectivity index (χ1v) is 6.96. The number of hydrogen-bond acceptors (Lipinski definition) is 4. The number of carbonyl (C=O) groups excluding carboxylic acids is 1. The van der Waals surface area contributed by atoms with Crippen LogP contribution in [0.15, 0.2) is 51.8 Å². The highest BCUT2D eigenvalue weighted by Gasteiger charge is 2.14. The molecule has 0 saturated carbocycles. The number of carbonyl (C=O) groups is 1. The van der Waals surface area contributed by atoms with E-state index in [4.69, 9.17) is 4.42 Å². The molecule has 0 amide bonds. The van der Waals surface area contributed by atoms with Crippen LogP contribution in [0.1, 0.15) is 10.4 Å². The number of fused-ring (bicyclic) bond motifs is 1. The molecule has 0 aliphatic carbocycles. The van der Waals surface area contributed by atoms with Crippen LogP contribution in [0.4, 0.5) is 0 Å². The fourth-order valence-electron chi connectivity index (χ4n) is 1.91. The van der Waals surface area contributed by atoms with Gasteiger partial charge in [-0.3, -0.25) is 9.36 Å². The molecule has 5 nitrogen and oxygen atoms in total. The van der Waals surface area contributed by atoms with Gasteiger partial charge in [-0.2, -0.15) is 0 Å². The van der Waals surface area contributed by atoms with Gasteiger partial charge in [0.15, 0.2) is 17.0 Å². The van der Waals surface area contributed by atoms with Crippen molar-refractivity contribution in [3.05, 3.63) is 62.3 Å². The lowest BCUT2D eigenvalue weighted by Gasteiger charge is -2.02. The van der Waals surface area contributed by atoms with E-state index in [-0.39, 0.29) is 12.3 Å². The van der Waals surface area contributed by atoms with E-state index in [0.717, 1.165) is 3.57 Å². The molecule has 2 aromatic heterocycles. The largest absolute Gasteiger partial charge is 0.421 e. The van der Waals surface area contributed by atoms with E-state index in [0.29, 0.717) is 16.8 Å². The van der Waals surface area contributed by atoms with Gasteiger partial charge in [0.25, 0.3) is 0 Å². The van der Waals surface area contributed by atoms with Crippen LogP contribution in [0.5, 0.6) is 0 Å². The fraction of sp³-hybridized carbons (Fsp3) is 0.0714. The predicted octanol–water partition coefficient (Wildman–Crippen LogP) is 2.48. The summed E-state index contributed by atoms with van der Waals surface area (Å²) >= 11 is 2.17. The van der Waals surface area contributed by atoms with Crippen molar-refractivity contribution < 1.29 is 9.21 Å². The summed E-state index contributed by atoms with van der Waals surface area (Å²) in [6.45, 7) is -0.0799. The van der Waals surface area contributed by atoms with Crippen molar-refractivity contribution in [1.29, 1.82) is 0 Å². The molecule has 20 heavy (non-hydrogen) atoms. The van der Waals surface area contributed by atoms with Gasteiger partial charge in [0, 0.05) is 15.3 Å². The van der Waals surface area contributed by atoms with Crippen LogP contribution in [-0.4, -0.2) is 15.3 Å². The number of benzene rings is 1. The van der Waals surface area contributed by atoms with Crippen LogP contribution in [0, 0.1) is 3.57 Å². The number of ketones is 1. The molecule has 100 valence electrons. The van der Waals surface area contributed by atoms with Gasteiger partial charge in [-0.15, -0.1) is 0 Å². The van der Waals surface area contributed by atoms with Crippen LogP contribution in [0.25, 0.3) is 11.2 Å². The SMILES string of the molecule is O=C(Cn1c(=O)oc2cccnc21)c1ccc(I)cc1. The van der Waals surface area contributed by atoms with Gasteiger partial charge in [-0.1, -0.05) is 12.1 Å². The third-order valence-corrected chi connectivity index (χ3v) is 3.61. The molecule has 1 aromatic carbocycles. The molecular weight excluding hydrogens is 371 g/mol. The second-order valence-electron chi connectivity index (χ2n) is 4.21. The zero-order valence-electron chi connectivity index (χ0n) is 10.2. The molecule has 0 fully saturated rings. The minimum Gasteiger partial charge on any atom is -0.406 e. The smallest absolute Gasteiger partial charge is 0.406 e. The van der Waals surface area contributed by atoms with Gasteiger partial charge in [-0.25, -0.2) is 9.78 Å². The Bertz CT molecular complexity index is 833. The number of rotatable bonds is 3. The first-order valence-electron chi connectivity index (χ1n) is 5.88. The number of nitrogens with zero attached hydrogens (tertiary/aromatic N) is 2. The standard InChI is InChI=1S/C14H9IN2O3/c15-10-5-3-9(4-6-10)11(18)8-17-13-12(20-14(17)19)2-1-7-16-13/h1-7H,8H2. The Hall–Kier alpha value is -1.96. The van der Waals surface area contributed by atoms with E-state index < -0.39 is 5.76 Å². The Morgan fingerprint density at radius 3 is 2.75 bits per heavy atom. The van der Waals surface area contributed by atoms with E-state index in [9.17, 15) is 9.59 Å². The maximum absolute atomic E-state index is 12.2. The minimum absolute atomic E-state index is 0.0799. The monoisotopic (exact) mass is 380 g/mol. The number of hydrogen-bond donors (Lipinski definition) is 0. The summed E-state index contributed by atoms with van der Waals surface area (Å²) in [7, 11) is 0. The second-order valence-corrected chi connectivity index (χ2v) is 5.45. The number of aromatic nitrogens is 2. The van der Waals surface area contributed by atoms with Crippen molar-refractivity contribution in [3.63, 3.8) is 0 Å². The van der Waals surface area contributed by atoms with Crippen molar-refractivity contribution in [3.8, 4) is 0 Å². The van der Waals surface area contributed by atoms with Gasteiger partial charge >= 0.3 is 5.76 Å². The highest BCUT2D eigenvalue weighted by Crippen LogP contribution is 2.11. The highest BCUT2D eigenvalue weighted by molar-refractivity contribution is 14.1. The third-order valence-electron chi connectivity index (χ3n) is 2.89. The predicted molar refractivity (Wildman–Crippen MR) is 81.8 cm³/mol. The van der Waals surface area contributed by atoms with Crippen LogP contribution in [0.2, 0.25) is 0 Å². The quantitative estimate of drug-likeness (QED) is 0.517. The van der Waals surface area contributed by atoms with Crippen molar-refractivity contribution in [2.45, 2.75) is 6.54 Å². The zero-order chi connectivity index (χ0) is 14.1. The number of pyridine rings is 1. The molecule has 0 N–H and O–H groups in total. The normalized spacial score (nSPS) is 10.8. The molecule has 0 spiro atoms. The second kappa shape index (κ2) is 5.20. The van der Waals surface area contributed by atoms with Crippen LogP contribution in [0.3, 0.4) is 0 Å². The molecule has 0 aliphatic heterocycles. The maximum atomic E-state index is 12.2. The maximum Gasteiger partial charge on any atom is 0.421 e. The van der Waals surface area contributed by atoms with Gasteiger partial charge in [0.05, 0.1) is 6.54 Å². The first-order chi connectivity index (χ1) is 9.65. The fourth-order valence-corrected chi connectivity index (χ4v) is 2.27. The minimum atomic E-state index is -0.572. The first kappa shape index (κ1) is 13.0. The van der Waals surface area contributed by atoms with Crippen molar-refractivity contribution in [2.24, 2.45) is 0 Å². The molecule has 0 aliphatic rings. The molecule has 6 heteroatoms. The summed E-state index contributed by atoms with van der Waals surface area (Å²) in [4.78, 5) is 28.0. The third kappa shape index (κ3) is 2.38. The van der Waals surface area contributed by atoms with Gasteiger partial charge in [0.1, 0.15) is 0 Å². The molecule has 3 rings (SSSR count). The van der Waals surface area contributed by atoms with E-state index >= 15 is 0 Å². The van der Waals surface area contributed by atoms with Crippen molar-refractivity contribution in [2.75, 3.05) is 0 Å². The Kier molecular flexibility index (Phi) is 3.39. The molecule has 0 bridgehead atoms. The van der Waals surface area contributed by atoms with Crippen LogP contribution < -0.4 is 5.76 Å². The Morgan fingerprint density at radius 1 is 1.25 bits per heavy atom. The number of Topliss-reactive ketones (excluding diaryl/α,β-unsaturated/α-hetero) is 1. The molecule has 0 radical (unpaired) electrons. The molecule has 2 heterocycles. The lowest BCUT2D eigenvalue weighted by molar-refractivity contribution is 0.0970. The molecule has 0 saturated heterocycles. The Balaban J connectivity index is 1.97. The van der Waals surface area contributed by atoms with Gasteiger partial charge in [-0.05, 0) is 46.9 Å². The van der Waals surface area contributed by atoms with Crippen LogP contribution >= 0.6 is 22.6 Å². The molecule has 3 aromatic rings. The summed E-state index contributed by atoms with van der Waals surface area (Å²) < 4.78 is 7.34. The van der Waals surface area contributed by atoms with Crippen molar-refractivity contribution >= 4 is 39.6 Å². The summed E-state index contributed by atoms with van der Waals surface area (Å²) in [5, 5.41) is 0. The van der Waals surface area contributed by atoms with E-state index in [1.807, 2.05) is 12.1 Å². The molecule has 0 unspecified atom stereocenters. The van der Waals surface area contributed by atoms with Crippen LogP contribution in [-0.2, 0) is 6.54 Å². The number of halogens is 1. The average molecular weight is 380 g/mol. The summed E-state index contributed by atoms with van der Waals surface area (Å²) in [6.07, 6.45) is 1.56. The van der Waals surface area contributed by atoms with Gasteiger partial charge in [0.2, 0.25) is 0 Å². The zero-order valence-corrected chi connectivity index (χ0v) is 12.4. The summed E-state index contributed by atoms with van der Waals surface area (Å²) in [5.74, 6) is -0.727. The Labute approximate surface area is 127 Å². The van der Waals surface area contributed by atoms with Gasteiger partial charge < -0.3 is 4.42 Å². The number of oxazole rings is 1. The lowest BCUT2D eigenvalue weighted by atomic mass is 10.1. The van der Waals surface area contributed by atoms with Crippen molar-refractivity contribution in [1.82, 2.24) is 9.55 Å². The average Bonchev–Trinajstić information content (AvgIpc) is 2.76. The molecule has 0 atom stereocenters. The molecular formula is C14H9IN2O3. The van der Waals surface area contributed by atoms with E-state index in [1.54, 1.807) is 30.5 Å². The lowest BCUT2D eigenvalue weighted by Crippen LogP contribution is -2.20.